The fraction of sp³-hybridized carbons (Fsp3) is 0.250. The molecule has 1 aliphatic rings. The summed E-state index contributed by atoms with van der Waals surface area (Å²) in [5.41, 5.74) is 2.88. The molecule has 0 bridgehead atoms. The van der Waals surface area contributed by atoms with Crippen molar-refractivity contribution in [3.05, 3.63) is 72.5 Å². The van der Waals surface area contributed by atoms with Crippen LogP contribution in [0.2, 0.25) is 15.1 Å². The van der Waals surface area contributed by atoms with E-state index in [2.05, 4.69) is 4.90 Å². The SMILES string of the molecule is CCc1cc(=O)oc2c3c(c(Cl)cc12)OCN(Cc1ccc(Cl)c(Cl)c1)C3. The summed E-state index contributed by atoms with van der Waals surface area (Å²) in [6.07, 6.45) is 0.713. The first-order valence-corrected chi connectivity index (χ1v) is 9.67. The third-order valence-corrected chi connectivity index (χ3v) is 5.69. The molecule has 1 aliphatic heterocycles. The minimum Gasteiger partial charge on any atom is -0.476 e. The zero-order valence-corrected chi connectivity index (χ0v) is 16.8. The van der Waals surface area contributed by atoms with Crippen molar-refractivity contribution in [3.8, 4) is 5.75 Å². The van der Waals surface area contributed by atoms with Crippen LogP contribution in [0, 0.1) is 0 Å². The highest BCUT2D eigenvalue weighted by Gasteiger charge is 2.25. The molecule has 0 spiro atoms. The number of hydrogen-bond donors (Lipinski definition) is 0. The predicted octanol–water partition coefficient (Wildman–Crippen LogP) is 5.67. The average molecular weight is 425 g/mol. The van der Waals surface area contributed by atoms with Crippen LogP contribution in [0.15, 0.2) is 39.5 Å². The number of ether oxygens (including phenoxy) is 1. The van der Waals surface area contributed by atoms with E-state index >= 15 is 0 Å². The number of fused-ring (bicyclic) bond motifs is 3. The van der Waals surface area contributed by atoms with Gasteiger partial charge >= 0.3 is 5.63 Å². The lowest BCUT2D eigenvalue weighted by atomic mass is 10.0. The second-order valence-corrected chi connectivity index (χ2v) is 7.72. The largest absolute Gasteiger partial charge is 0.476 e. The second kappa shape index (κ2) is 7.36. The Bertz CT molecular complexity index is 1090. The maximum absolute atomic E-state index is 12.0. The minimum atomic E-state index is -0.370. The number of hydrogen-bond acceptors (Lipinski definition) is 4. The third-order valence-electron chi connectivity index (χ3n) is 4.67. The highest BCUT2D eigenvalue weighted by Crippen LogP contribution is 2.39. The molecule has 0 atom stereocenters. The van der Waals surface area contributed by atoms with E-state index in [1.807, 2.05) is 25.1 Å². The molecule has 4 nitrogen and oxygen atoms in total. The van der Waals surface area contributed by atoms with E-state index in [-0.39, 0.29) is 5.63 Å². The minimum absolute atomic E-state index is 0.370. The quantitative estimate of drug-likeness (QED) is 0.508. The van der Waals surface area contributed by atoms with Crippen molar-refractivity contribution in [2.45, 2.75) is 26.4 Å². The van der Waals surface area contributed by atoms with Crippen LogP contribution < -0.4 is 10.4 Å². The highest BCUT2D eigenvalue weighted by molar-refractivity contribution is 6.42. The van der Waals surface area contributed by atoms with Gasteiger partial charge in [-0.3, -0.25) is 4.90 Å². The molecule has 2 aromatic carbocycles. The highest BCUT2D eigenvalue weighted by atomic mass is 35.5. The van der Waals surface area contributed by atoms with Gasteiger partial charge in [0, 0.05) is 24.5 Å². The Kier molecular flexibility index (Phi) is 5.08. The maximum atomic E-state index is 12.0. The molecule has 0 aliphatic carbocycles. The molecule has 3 aromatic rings. The molecule has 2 heterocycles. The number of nitrogens with zero attached hydrogens (tertiary/aromatic N) is 1. The summed E-state index contributed by atoms with van der Waals surface area (Å²) in [5, 5.41) is 2.41. The van der Waals surface area contributed by atoms with Crippen molar-refractivity contribution in [3.63, 3.8) is 0 Å². The second-order valence-electron chi connectivity index (χ2n) is 6.50. The fourth-order valence-corrected chi connectivity index (χ4v) is 3.99. The van der Waals surface area contributed by atoms with Crippen molar-refractivity contribution in [1.82, 2.24) is 4.90 Å². The summed E-state index contributed by atoms with van der Waals surface area (Å²) in [4.78, 5) is 14.1. The molecule has 0 N–H and O–H groups in total. The molecule has 0 fully saturated rings. The normalized spacial score (nSPS) is 14.2. The first-order chi connectivity index (χ1) is 13.0. The summed E-state index contributed by atoms with van der Waals surface area (Å²) in [6, 6.07) is 8.87. The maximum Gasteiger partial charge on any atom is 0.336 e. The smallest absolute Gasteiger partial charge is 0.336 e. The Morgan fingerprint density at radius 2 is 1.89 bits per heavy atom. The van der Waals surface area contributed by atoms with Crippen LogP contribution in [0.3, 0.4) is 0 Å². The standard InChI is InChI=1S/C20H16Cl3NO3/c1-2-12-6-18(25)27-19-13(12)7-17(23)20-14(19)9-24(10-26-20)8-11-3-4-15(21)16(22)5-11/h3-7H,2,8-10H2,1H3. The summed E-state index contributed by atoms with van der Waals surface area (Å²) in [5.74, 6) is 0.575. The van der Waals surface area contributed by atoms with Crippen LogP contribution in [0.4, 0.5) is 0 Å². The monoisotopic (exact) mass is 423 g/mol. The van der Waals surface area contributed by atoms with Gasteiger partial charge in [-0.1, -0.05) is 47.8 Å². The summed E-state index contributed by atoms with van der Waals surface area (Å²) >= 11 is 18.5. The Morgan fingerprint density at radius 3 is 2.63 bits per heavy atom. The van der Waals surface area contributed by atoms with Gasteiger partial charge in [-0.25, -0.2) is 4.79 Å². The Morgan fingerprint density at radius 1 is 1.07 bits per heavy atom. The zero-order chi connectivity index (χ0) is 19.1. The van der Waals surface area contributed by atoms with E-state index in [0.717, 1.165) is 22.1 Å². The van der Waals surface area contributed by atoms with E-state index in [1.54, 1.807) is 6.07 Å². The fourth-order valence-electron chi connectivity index (χ4n) is 3.39. The number of halogens is 3. The van der Waals surface area contributed by atoms with Gasteiger partial charge in [-0.05, 0) is 35.7 Å². The van der Waals surface area contributed by atoms with Gasteiger partial charge in [0.25, 0.3) is 0 Å². The van der Waals surface area contributed by atoms with Gasteiger partial charge in [-0.15, -0.1) is 0 Å². The van der Waals surface area contributed by atoms with E-state index in [4.69, 9.17) is 44.0 Å². The molecule has 27 heavy (non-hydrogen) atoms. The Labute approximate surface area is 171 Å². The van der Waals surface area contributed by atoms with Gasteiger partial charge in [0.15, 0.2) is 0 Å². The molecule has 0 radical (unpaired) electrons. The van der Waals surface area contributed by atoms with E-state index in [0.29, 0.717) is 52.6 Å². The van der Waals surface area contributed by atoms with Gasteiger partial charge in [-0.2, -0.15) is 0 Å². The molecule has 0 saturated carbocycles. The van der Waals surface area contributed by atoms with Crippen LogP contribution in [0.25, 0.3) is 11.0 Å². The first kappa shape index (κ1) is 18.6. The van der Waals surface area contributed by atoms with E-state index in [1.165, 1.54) is 6.07 Å². The number of rotatable bonds is 3. The average Bonchev–Trinajstić information content (AvgIpc) is 2.65. The van der Waals surface area contributed by atoms with Crippen molar-refractivity contribution in [2.24, 2.45) is 0 Å². The number of benzene rings is 2. The molecule has 140 valence electrons. The van der Waals surface area contributed by atoms with Gasteiger partial charge in [0.05, 0.1) is 20.6 Å². The lowest BCUT2D eigenvalue weighted by molar-refractivity contribution is 0.0890. The van der Waals surface area contributed by atoms with Crippen LogP contribution in [-0.4, -0.2) is 11.6 Å². The lowest BCUT2D eigenvalue weighted by Crippen LogP contribution is -2.32. The van der Waals surface area contributed by atoms with Gasteiger partial charge in [0.1, 0.15) is 18.1 Å². The van der Waals surface area contributed by atoms with Crippen LogP contribution in [0.5, 0.6) is 5.75 Å². The first-order valence-electron chi connectivity index (χ1n) is 8.53. The van der Waals surface area contributed by atoms with Crippen LogP contribution >= 0.6 is 34.8 Å². The van der Waals surface area contributed by atoms with E-state index < -0.39 is 0 Å². The van der Waals surface area contributed by atoms with Crippen LogP contribution in [-0.2, 0) is 19.5 Å². The Hall–Kier alpha value is -1.72. The van der Waals surface area contributed by atoms with Crippen LogP contribution in [0.1, 0.15) is 23.6 Å². The van der Waals surface area contributed by atoms with Crippen molar-refractivity contribution >= 4 is 45.8 Å². The molecule has 0 unspecified atom stereocenters. The van der Waals surface area contributed by atoms with Gasteiger partial charge < -0.3 is 9.15 Å². The lowest BCUT2D eigenvalue weighted by Gasteiger charge is -2.30. The zero-order valence-electron chi connectivity index (χ0n) is 14.5. The van der Waals surface area contributed by atoms with Gasteiger partial charge in [0.2, 0.25) is 0 Å². The Balaban J connectivity index is 1.74. The topological polar surface area (TPSA) is 42.7 Å². The molecule has 7 heteroatoms. The molecule has 0 amide bonds. The predicted molar refractivity (Wildman–Crippen MR) is 108 cm³/mol. The molecular formula is C20H16Cl3NO3. The van der Waals surface area contributed by atoms with Crippen molar-refractivity contribution in [2.75, 3.05) is 6.73 Å². The molecule has 4 rings (SSSR count). The van der Waals surface area contributed by atoms with Crippen molar-refractivity contribution < 1.29 is 9.15 Å². The molecule has 1 aromatic heterocycles. The molecule has 0 saturated heterocycles. The summed E-state index contributed by atoms with van der Waals surface area (Å²) in [6.45, 7) is 3.52. The summed E-state index contributed by atoms with van der Waals surface area (Å²) < 4.78 is 11.4. The van der Waals surface area contributed by atoms with Crippen molar-refractivity contribution in [1.29, 1.82) is 0 Å². The summed E-state index contributed by atoms with van der Waals surface area (Å²) in [7, 11) is 0. The molecular weight excluding hydrogens is 409 g/mol. The third kappa shape index (κ3) is 3.55. The van der Waals surface area contributed by atoms with E-state index in [9.17, 15) is 4.79 Å². The number of aryl methyl sites for hydroxylation is 1.